The molecule has 23 heavy (non-hydrogen) atoms. The van der Waals surface area contributed by atoms with E-state index in [-0.39, 0.29) is 18.3 Å². The van der Waals surface area contributed by atoms with Crippen LogP contribution in [0.1, 0.15) is 30.5 Å². The van der Waals surface area contributed by atoms with Gasteiger partial charge < -0.3 is 10.6 Å². The zero-order valence-corrected chi connectivity index (χ0v) is 13.7. The fourth-order valence-electron chi connectivity index (χ4n) is 2.51. The maximum absolute atomic E-state index is 12.8. The Morgan fingerprint density at radius 1 is 1.00 bits per heavy atom. The van der Waals surface area contributed by atoms with Gasteiger partial charge in [0.25, 0.3) is 0 Å². The smallest absolute Gasteiger partial charge is 0.238 e. The van der Waals surface area contributed by atoms with Gasteiger partial charge in [0.15, 0.2) is 0 Å². The average molecular weight is 314 g/mol. The summed E-state index contributed by atoms with van der Waals surface area (Å²) in [4.78, 5) is 12.2. The number of hydrogen-bond donors (Lipinski definition) is 2. The van der Waals surface area contributed by atoms with Gasteiger partial charge in [-0.1, -0.05) is 44.2 Å². The Bertz CT molecular complexity index is 631. The Balaban J connectivity index is 1.91. The predicted molar refractivity (Wildman–Crippen MR) is 91.9 cm³/mol. The summed E-state index contributed by atoms with van der Waals surface area (Å²) in [6, 6.07) is 12.4. The van der Waals surface area contributed by atoms with E-state index in [1.807, 2.05) is 18.2 Å². The number of carbonyl (C=O) groups is 1. The molecule has 0 aliphatic carbocycles. The molecule has 2 aromatic rings. The van der Waals surface area contributed by atoms with Gasteiger partial charge in [-0.2, -0.15) is 0 Å². The molecule has 2 aromatic carbocycles. The molecule has 122 valence electrons. The van der Waals surface area contributed by atoms with Crippen molar-refractivity contribution >= 4 is 11.6 Å². The van der Waals surface area contributed by atoms with E-state index in [0.29, 0.717) is 6.54 Å². The van der Waals surface area contributed by atoms with E-state index in [4.69, 9.17) is 0 Å². The summed E-state index contributed by atoms with van der Waals surface area (Å²) < 4.78 is 12.8. The zero-order valence-electron chi connectivity index (χ0n) is 13.7. The van der Waals surface area contributed by atoms with Gasteiger partial charge in [0.05, 0.1) is 6.54 Å². The molecule has 0 fully saturated rings. The number of aryl methyl sites for hydroxylation is 2. The van der Waals surface area contributed by atoms with Crippen molar-refractivity contribution < 1.29 is 9.18 Å². The highest BCUT2D eigenvalue weighted by molar-refractivity contribution is 5.93. The predicted octanol–water partition coefficient (Wildman–Crippen LogP) is 3.68. The van der Waals surface area contributed by atoms with Gasteiger partial charge in [-0.3, -0.25) is 4.79 Å². The van der Waals surface area contributed by atoms with E-state index in [9.17, 15) is 9.18 Å². The van der Waals surface area contributed by atoms with E-state index in [1.54, 1.807) is 12.1 Å². The van der Waals surface area contributed by atoms with Crippen molar-refractivity contribution in [2.75, 3.05) is 11.9 Å². The molecule has 0 aliphatic rings. The third kappa shape index (κ3) is 4.89. The lowest BCUT2D eigenvalue weighted by Gasteiger charge is -2.14. The summed E-state index contributed by atoms with van der Waals surface area (Å²) in [5, 5.41) is 6.10. The van der Waals surface area contributed by atoms with Crippen LogP contribution in [-0.2, 0) is 24.2 Å². The molecular weight excluding hydrogens is 291 g/mol. The number of halogens is 1. The second kappa shape index (κ2) is 8.44. The zero-order chi connectivity index (χ0) is 16.7. The van der Waals surface area contributed by atoms with Crippen LogP contribution >= 0.6 is 0 Å². The van der Waals surface area contributed by atoms with Gasteiger partial charge in [-0.25, -0.2) is 4.39 Å². The minimum atomic E-state index is -0.255. The Morgan fingerprint density at radius 2 is 1.61 bits per heavy atom. The fraction of sp³-hybridized carbons (Fsp3) is 0.316. The molecule has 1 amide bonds. The third-order valence-corrected chi connectivity index (χ3v) is 3.79. The van der Waals surface area contributed by atoms with Crippen molar-refractivity contribution in [3.63, 3.8) is 0 Å². The van der Waals surface area contributed by atoms with Gasteiger partial charge in [-0.15, -0.1) is 0 Å². The molecule has 3 nitrogen and oxygen atoms in total. The van der Waals surface area contributed by atoms with Crippen LogP contribution in [0, 0.1) is 5.82 Å². The summed E-state index contributed by atoms with van der Waals surface area (Å²) in [6.45, 7) is 4.91. The number of anilines is 1. The van der Waals surface area contributed by atoms with Gasteiger partial charge in [-0.05, 0) is 41.7 Å². The molecule has 0 spiro atoms. The summed E-state index contributed by atoms with van der Waals surface area (Å²) in [5.74, 6) is -0.322. The average Bonchev–Trinajstić information content (AvgIpc) is 2.57. The van der Waals surface area contributed by atoms with Crippen LogP contribution in [0.4, 0.5) is 10.1 Å². The molecule has 0 aliphatic heterocycles. The van der Waals surface area contributed by atoms with Crippen LogP contribution in [0.25, 0.3) is 0 Å². The SMILES string of the molecule is CCc1cccc(CC)c1NC(=O)CNCc1ccc(F)cc1. The van der Waals surface area contributed by atoms with Crippen LogP contribution in [0.3, 0.4) is 0 Å². The van der Waals surface area contributed by atoms with Crippen molar-refractivity contribution in [3.8, 4) is 0 Å². The number of amides is 1. The van der Waals surface area contributed by atoms with E-state index < -0.39 is 0 Å². The Morgan fingerprint density at radius 3 is 2.17 bits per heavy atom. The first-order valence-electron chi connectivity index (χ1n) is 7.99. The third-order valence-electron chi connectivity index (χ3n) is 3.79. The first-order chi connectivity index (χ1) is 11.1. The van der Waals surface area contributed by atoms with Crippen LogP contribution in [0.15, 0.2) is 42.5 Å². The van der Waals surface area contributed by atoms with Crippen LogP contribution < -0.4 is 10.6 Å². The number of nitrogens with one attached hydrogen (secondary N) is 2. The lowest BCUT2D eigenvalue weighted by atomic mass is 10.0. The Labute approximate surface area is 136 Å². The summed E-state index contributed by atoms with van der Waals surface area (Å²) >= 11 is 0. The van der Waals surface area contributed by atoms with Gasteiger partial charge in [0.1, 0.15) is 5.82 Å². The second-order valence-corrected chi connectivity index (χ2v) is 5.44. The second-order valence-electron chi connectivity index (χ2n) is 5.44. The standard InChI is InChI=1S/C19H23FN2O/c1-3-15-6-5-7-16(4-2)19(15)22-18(23)13-21-12-14-8-10-17(20)11-9-14/h5-11,21H,3-4,12-13H2,1-2H3,(H,22,23). The fourth-order valence-corrected chi connectivity index (χ4v) is 2.51. The number of para-hydroxylation sites is 1. The lowest BCUT2D eigenvalue weighted by molar-refractivity contribution is -0.115. The topological polar surface area (TPSA) is 41.1 Å². The number of hydrogen-bond acceptors (Lipinski definition) is 2. The molecular formula is C19H23FN2O. The minimum Gasteiger partial charge on any atom is -0.324 e. The summed E-state index contributed by atoms with van der Waals surface area (Å²) in [7, 11) is 0. The monoisotopic (exact) mass is 314 g/mol. The van der Waals surface area contributed by atoms with Crippen molar-refractivity contribution in [3.05, 3.63) is 65.0 Å². The van der Waals surface area contributed by atoms with E-state index in [0.717, 1.165) is 35.2 Å². The first-order valence-corrected chi connectivity index (χ1v) is 7.99. The van der Waals surface area contributed by atoms with Crippen LogP contribution in [-0.4, -0.2) is 12.5 Å². The number of benzene rings is 2. The summed E-state index contributed by atoms with van der Waals surface area (Å²) in [6.07, 6.45) is 1.76. The molecule has 0 heterocycles. The highest BCUT2D eigenvalue weighted by Crippen LogP contribution is 2.22. The highest BCUT2D eigenvalue weighted by atomic mass is 19.1. The van der Waals surface area contributed by atoms with Crippen LogP contribution in [0.5, 0.6) is 0 Å². The van der Waals surface area contributed by atoms with E-state index in [2.05, 4.69) is 24.5 Å². The highest BCUT2D eigenvalue weighted by Gasteiger charge is 2.09. The molecule has 0 aromatic heterocycles. The van der Waals surface area contributed by atoms with E-state index >= 15 is 0 Å². The Kier molecular flexibility index (Phi) is 6.29. The Hall–Kier alpha value is -2.20. The number of rotatable bonds is 7. The van der Waals surface area contributed by atoms with Crippen molar-refractivity contribution in [1.29, 1.82) is 0 Å². The largest absolute Gasteiger partial charge is 0.324 e. The number of carbonyl (C=O) groups excluding carboxylic acids is 1. The molecule has 0 bridgehead atoms. The van der Waals surface area contributed by atoms with Gasteiger partial charge >= 0.3 is 0 Å². The maximum atomic E-state index is 12.8. The molecule has 0 unspecified atom stereocenters. The minimum absolute atomic E-state index is 0.0669. The first kappa shape index (κ1) is 17.2. The van der Waals surface area contributed by atoms with Crippen LogP contribution in [0.2, 0.25) is 0 Å². The molecule has 4 heteroatoms. The van der Waals surface area contributed by atoms with Crippen molar-refractivity contribution in [2.24, 2.45) is 0 Å². The van der Waals surface area contributed by atoms with E-state index in [1.165, 1.54) is 12.1 Å². The molecule has 0 saturated carbocycles. The van der Waals surface area contributed by atoms with Crippen molar-refractivity contribution in [2.45, 2.75) is 33.2 Å². The van der Waals surface area contributed by atoms with Gasteiger partial charge in [0, 0.05) is 12.2 Å². The molecule has 2 N–H and O–H groups in total. The summed E-state index contributed by atoms with van der Waals surface area (Å²) in [5.41, 5.74) is 4.18. The lowest BCUT2D eigenvalue weighted by Crippen LogP contribution is -2.28. The molecule has 0 saturated heterocycles. The molecule has 0 atom stereocenters. The quantitative estimate of drug-likeness (QED) is 0.818. The molecule has 2 rings (SSSR count). The molecule has 0 radical (unpaired) electrons. The normalized spacial score (nSPS) is 10.6. The maximum Gasteiger partial charge on any atom is 0.238 e. The van der Waals surface area contributed by atoms with Gasteiger partial charge in [0.2, 0.25) is 5.91 Å². The van der Waals surface area contributed by atoms with Crippen molar-refractivity contribution in [1.82, 2.24) is 5.32 Å².